The highest BCUT2D eigenvalue weighted by atomic mass is 32.2. The number of benzene rings is 2. The number of hydrogen-bond donors (Lipinski definition) is 1. The third kappa shape index (κ3) is 6.57. The molecule has 0 fully saturated rings. The van der Waals surface area contributed by atoms with Gasteiger partial charge in [-0.3, -0.25) is 13.9 Å². The second kappa shape index (κ2) is 11.3. The largest absolute Gasteiger partial charge is 0.355 e. The molecule has 0 heterocycles. The predicted molar refractivity (Wildman–Crippen MR) is 133 cm³/mol. The van der Waals surface area contributed by atoms with Crippen LogP contribution in [0.15, 0.2) is 42.5 Å². The third-order valence-electron chi connectivity index (χ3n) is 5.71. The number of hydrogen-bond acceptors (Lipinski definition) is 4. The molecule has 7 nitrogen and oxygen atoms in total. The zero-order chi connectivity index (χ0) is 24.8. The summed E-state index contributed by atoms with van der Waals surface area (Å²) < 4.78 is 26.7. The van der Waals surface area contributed by atoms with Crippen LogP contribution in [0, 0.1) is 20.8 Å². The Hall–Kier alpha value is -2.87. The van der Waals surface area contributed by atoms with Gasteiger partial charge in [-0.15, -0.1) is 0 Å². The molecule has 8 heteroatoms. The molecule has 1 N–H and O–H groups in total. The van der Waals surface area contributed by atoms with Gasteiger partial charge in [-0.1, -0.05) is 49.4 Å². The molecule has 0 spiro atoms. The minimum atomic E-state index is -3.75. The fourth-order valence-electron chi connectivity index (χ4n) is 3.96. The molecule has 0 aromatic heterocycles. The van der Waals surface area contributed by atoms with Crippen LogP contribution < -0.4 is 9.62 Å². The first-order valence-corrected chi connectivity index (χ1v) is 13.0. The van der Waals surface area contributed by atoms with Gasteiger partial charge < -0.3 is 10.2 Å². The van der Waals surface area contributed by atoms with Crippen molar-refractivity contribution in [1.82, 2.24) is 10.2 Å². The average Bonchev–Trinajstić information content (AvgIpc) is 2.73. The fraction of sp³-hybridized carbons (Fsp3) is 0.440. The fourth-order valence-corrected chi connectivity index (χ4v) is 4.92. The molecule has 33 heavy (non-hydrogen) atoms. The molecule has 2 aromatic rings. The maximum Gasteiger partial charge on any atom is 0.244 e. The average molecular weight is 474 g/mol. The summed E-state index contributed by atoms with van der Waals surface area (Å²) in [5.41, 5.74) is 3.92. The SMILES string of the molecule is CCNC(=O)[C@H](CC)N(Cc1ccccc1C)C(=O)CN(c1c(C)cccc1C)S(C)(=O)=O. The van der Waals surface area contributed by atoms with Crippen LogP contribution in [-0.2, 0) is 26.2 Å². The van der Waals surface area contributed by atoms with Crippen molar-refractivity contribution in [3.05, 3.63) is 64.7 Å². The number of carbonyl (C=O) groups excluding carboxylic acids is 2. The van der Waals surface area contributed by atoms with E-state index in [-0.39, 0.29) is 19.0 Å². The first-order valence-electron chi connectivity index (χ1n) is 11.2. The number of nitrogens with zero attached hydrogens (tertiary/aromatic N) is 2. The van der Waals surface area contributed by atoms with Gasteiger partial charge in [0, 0.05) is 13.1 Å². The molecule has 1 atom stereocenters. The summed E-state index contributed by atoms with van der Waals surface area (Å²) in [4.78, 5) is 28.0. The minimum absolute atomic E-state index is 0.214. The van der Waals surface area contributed by atoms with E-state index in [1.165, 1.54) is 4.90 Å². The molecular weight excluding hydrogens is 438 g/mol. The Morgan fingerprint density at radius 3 is 2.03 bits per heavy atom. The maximum atomic E-state index is 13.7. The number of sulfonamides is 1. The first-order chi connectivity index (χ1) is 15.5. The standard InChI is InChI=1S/C25H35N3O4S/c1-7-22(25(30)26-8-2)27(16-21-15-10-9-12-18(21)3)23(29)17-28(33(6,31)32)24-19(4)13-11-14-20(24)5/h9-15,22H,7-8,16-17H2,1-6H3,(H,26,30)/t22-/m0/s1. The molecule has 0 saturated heterocycles. The van der Waals surface area contributed by atoms with E-state index in [4.69, 9.17) is 0 Å². The summed E-state index contributed by atoms with van der Waals surface area (Å²) in [6, 6.07) is 12.4. The van der Waals surface area contributed by atoms with Crippen molar-refractivity contribution in [2.24, 2.45) is 0 Å². The van der Waals surface area contributed by atoms with E-state index in [2.05, 4.69) is 5.32 Å². The lowest BCUT2D eigenvalue weighted by Gasteiger charge is -2.33. The second-order valence-electron chi connectivity index (χ2n) is 8.28. The van der Waals surface area contributed by atoms with Crippen LogP contribution in [0.3, 0.4) is 0 Å². The van der Waals surface area contributed by atoms with Crippen LogP contribution in [0.5, 0.6) is 0 Å². The summed E-state index contributed by atoms with van der Waals surface area (Å²) in [6.07, 6.45) is 1.50. The molecular formula is C25H35N3O4S. The highest BCUT2D eigenvalue weighted by Crippen LogP contribution is 2.27. The molecule has 2 rings (SSSR count). The Morgan fingerprint density at radius 1 is 0.939 bits per heavy atom. The van der Waals surface area contributed by atoms with Crippen LogP contribution in [-0.4, -0.2) is 50.5 Å². The molecule has 0 aliphatic heterocycles. The van der Waals surface area contributed by atoms with Crippen molar-refractivity contribution in [3.63, 3.8) is 0 Å². The van der Waals surface area contributed by atoms with Crippen molar-refractivity contribution < 1.29 is 18.0 Å². The Balaban J connectivity index is 2.51. The number of aryl methyl sites for hydroxylation is 3. The summed E-state index contributed by atoms with van der Waals surface area (Å²) in [5, 5.41) is 2.80. The Labute approximate surface area is 197 Å². The predicted octanol–water partition coefficient (Wildman–Crippen LogP) is 3.32. The lowest BCUT2D eigenvalue weighted by atomic mass is 10.1. The molecule has 2 amide bonds. The van der Waals surface area contributed by atoms with E-state index in [1.54, 1.807) is 0 Å². The first kappa shape index (κ1) is 26.4. The van der Waals surface area contributed by atoms with E-state index >= 15 is 0 Å². The molecule has 2 aromatic carbocycles. The normalized spacial score (nSPS) is 12.2. The van der Waals surface area contributed by atoms with E-state index < -0.39 is 22.0 Å². The monoisotopic (exact) mass is 473 g/mol. The van der Waals surface area contributed by atoms with Crippen molar-refractivity contribution in [2.75, 3.05) is 23.7 Å². The smallest absolute Gasteiger partial charge is 0.244 e. The molecule has 0 aliphatic rings. The number of likely N-dealkylation sites (N-methyl/N-ethyl adjacent to an activating group) is 1. The van der Waals surface area contributed by atoms with E-state index in [9.17, 15) is 18.0 Å². The number of anilines is 1. The molecule has 0 bridgehead atoms. The number of para-hydroxylation sites is 1. The topological polar surface area (TPSA) is 86.8 Å². The van der Waals surface area contributed by atoms with E-state index in [1.807, 2.05) is 77.1 Å². The molecule has 0 aliphatic carbocycles. The van der Waals surface area contributed by atoms with Gasteiger partial charge in [-0.2, -0.15) is 0 Å². The molecule has 0 radical (unpaired) electrons. The highest BCUT2D eigenvalue weighted by molar-refractivity contribution is 7.92. The van der Waals surface area contributed by atoms with Crippen LogP contribution in [0.4, 0.5) is 5.69 Å². The zero-order valence-electron chi connectivity index (χ0n) is 20.4. The Morgan fingerprint density at radius 2 is 1.52 bits per heavy atom. The minimum Gasteiger partial charge on any atom is -0.355 e. The quantitative estimate of drug-likeness (QED) is 0.574. The van der Waals surface area contributed by atoms with Gasteiger partial charge in [0.15, 0.2) is 0 Å². The van der Waals surface area contributed by atoms with Crippen LogP contribution in [0.25, 0.3) is 0 Å². The lowest BCUT2D eigenvalue weighted by molar-refractivity contribution is -0.140. The summed E-state index contributed by atoms with van der Waals surface area (Å²) >= 11 is 0. The van der Waals surface area contributed by atoms with Crippen molar-refractivity contribution in [1.29, 1.82) is 0 Å². The van der Waals surface area contributed by atoms with Crippen molar-refractivity contribution in [2.45, 2.75) is 53.6 Å². The van der Waals surface area contributed by atoms with Crippen LogP contribution in [0.1, 0.15) is 42.5 Å². The number of amides is 2. The van der Waals surface area contributed by atoms with Crippen molar-refractivity contribution >= 4 is 27.5 Å². The van der Waals surface area contributed by atoms with Gasteiger partial charge in [0.1, 0.15) is 12.6 Å². The summed E-state index contributed by atoms with van der Waals surface area (Å²) in [7, 11) is -3.75. The number of nitrogens with one attached hydrogen (secondary N) is 1. The number of carbonyl (C=O) groups is 2. The van der Waals surface area contributed by atoms with E-state index in [0.717, 1.165) is 32.8 Å². The van der Waals surface area contributed by atoms with Gasteiger partial charge in [-0.05, 0) is 56.4 Å². The molecule has 0 saturated carbocycles. The Kier molecular flexibility index (Phi) is 9.05. The van der Waals surface area contributed by atoms with Crippen molar-refractivity contribution in [3.8, 4) is 0 Å². The Bertz CT molecular complexity index is 1080. The van der Waals surface area contributed by atoms with Gasteiger partial charge in [-0.25, -0.2) is 8.42 Å². The molecule has 180 valence electrons. The van der Waals surface area contributed by atoms with Gasteiger partial charge in [0.05, 0.1) is 11.9 Å². The van der Waals surface area contributed by atoms with Gasteiger partial charge in [0.25, 0.3) is 0 Å². The van der Waals surface area contributed by atoms with Crippen LogP contribution >= 0.6 is 0 Å². The number of rotatable bonds is 10. The highest BCUT2D eigenvalue weighted by Gasteiger charge is 2.32. The second-order valence-corrected chi connectivity index (χ2v) is 10.2. The molecule has 0 unspecified atom stereocenters. The zero-order valence-corrected chi connectivity index (χ0v) is 21.2. The van der Waals surface area contributed by atoms with Gasteiger partial charge in [0.2, 0.25) is 21.8 Å². The van der Waals surface area contributed by atoms with Crippen LogP contribution in [0.2, 0.25) is 0 Å². The lowest BCUT2D eigenvalue weighted by Crippen LogP contribution is -2.52. The maximum absolute atomic E-state index is 13.7. The third-order valence-corrected chi connectivity index (χ3v) is 6.82. The summed E-state index contributed by atoms with van der Waals surface area (Å²) in [5.74, 6) is -0.677. The van der Waals surface area contributed by atoms with Gasteiger partial charge >= 0.3 is 0 Å². The summed E-state index contributed by atoms with van der Waals surface area (Å²) in [6.45, 7) is 9.53. The van der Waals surface area contributed by atoms with E-state index in [0.29, 0.717) is 18.7 Å².